The van der Waals surface area contributed by atoms with E-state index >= 15 is 0 Å². The topological polar surface area (TPSA) is 45.0 Å². The van der Waals surface area contributed by atoms with Crippen LogP contribution in [-0.4, -0.2) is 17.0 Å². The molecule has 3 nitrogen and oxygen atoms in total. The van der Waals surface area contributed by atoms with Gasteiger partial charge in [-0.25, -0.2) is 5.01 Å². The van der Waals surface area contributed by atoms with Crippen molar-refractivity contribution in [3.63, 3.8) is 0 Å². The predicted molar refractivity (Wildman–Crippen MR) is 54.0 cm³/mol. The number of nitrogens with one attached hydrogen (secondary N) is 1. The molecule has 3 N–H and O–H groups in total. The van der Waals surface area contributed by atoms with E-state index in [1.807, 2.05) is 19.3 Å². The van der Waals surface area contributed by atoms with Crippen LogP contribution < -0.4 is 5.84 Å². The average molecular weight is 175 g/mol. The van der Waals surface area contributed by atoms with Gasteiger partial charge in [-0.3, -0.25) is 5.84 Å². The lowest BCUT2D eigenvalue weighted by Crippen LogP contribution is -2.25. The molecule has 2 rings (SSSR count). The van der Waals surface area contributed by atoms with Crippen molar-refractivity contribution in [3.8, 4) is 0 Å². The maximum atomic E-state index is 5.61. The van der Waals surface area contributed by atoms with Gasteiger partial charge in [0.2, 0.25) is 0 Å². The molecule has 68 valence electrons. The second-order valence-corrected chi connectivity index (χ2v) is 3.27. The SMILES string of the molecule is CN(N)Cc1cccc2[nH]ccc12. The van der Waals surface area contributed by atoms with Crippen LogP contribution >= 0.6 is 0 Å². The van der Waals surface area contributed by atoms with Gasteiger partial charge >= 0.3 is 0 Å². The summed E-state index contributed by atoms with van der Waals surface area (Å²) in [6.07, 6.45) is 1.95. The van der Waals surface area contributed by atoms with E-state index < -0.39 is 0 Å². The molecular formula is C10H13N3. The molecule has 1 aromatic heterocycles. The zero-order chi connectivity index (χ0) is 9.26. The second kappa shape index (κ2) is 3.20. The highest BCUT2D eigenvalue weighted by Crippen LogP contribution is 2.17. The first-order valence-electron chi connectivity index (χ1n) is 4.28. The van der Waals surface area contributed by atoms with E-state index in [9.17, 15) is 0 Å². The number of nitrogens with zero attached hydrogens (tertiary/aromatic N) is 1. The summed E-state index contributed by atoms with van der Waals surface area (Å²) in [5.74, 6) is 5.61. The largest absolute Gasteiger partial charge is 0.361 e. The maximum Gasteiger partial charge on any atom is 0.0457 e. The Morgan fingerprint density at radius 3 is 3.00 bits per heavy atom. The lowest BCUT2D eigenvalue weighted by molar-refractivity contribution is 0.343. The molecular weight excluding hydrogens is 162 g/mol. The standard InChI is InChI=1S/C10H13N3/c1-13(11)7-8-3-2-4-10-9(8)5-6-12-10/h2-6,12H,7,11H2,1H3. The first-order valence-corrected chi connectivity index (χ1v) is 4.28. The zero-order valence-corrected chi connectivity index (χ0v) is 7.62. The van der Waals surface area contributed by atoms with Crippen molar-refractivity contribution in [1.82, 2.24) is 9.99 Å². The van der Waals surface area contributed by atoms with Crippen LogP contribution in [0.2, 0.25) is 0 Å². The number of H-pyrrole nitrogens is 1. The number of fused-ring (bicyclic) bond motifs is 1. The maximum absolute atomic E-state index is 5.61. The Bertz CT molecular complexity index is 403. The van der Waals surface area contributed by atoms with Gasteiger partial charge < -0.3 is 4.98 Å². The fraction of sp³-hybridized carbons (Fsp3) is 0.200. The normalized spacial score (nSPS) is 11.3. The van der Waals surface area contributed by atoms with Gasteiger partial charge in [0.25, 0.3) is 0 Å². The van der Waals surface area contributed by atoms with Gasteiger partial charge in [0.05, 0.1) is 0 Å². The number of hydrazine groups is 1. The Kier molecular flexibility index (Phi) is 2.04. The van der Waals surface area contributed by atoms with Gasteiger partial charge in [0.1, 0.15) is 0 Å². The summed E-state index contributed by atoms with van der Waals surface area (Å²) < 4.78 is 0. The van der Waals surface area contributed by atoms with Crippen molar-refractivity contribution in [2.24, 2.45) is 5.84 Å². The molecule has 0 aliphatic heterocycles. The van der Waals surface area contributed by atoms with Crippen LogP contribution in [0.3, 0.4) is 0 Å². The van der Waals surface area contributed by atoms with Crippen molar-refractivity contribution in [1.29, 1.82) is 0 Å². The molecule has 0 atom stereocenters. The molecule has 0 spiro atoms. The molecule has 2 aromatic rings. The highest BCUT2D eigenvalue weighted by Gasteiger charge is 2.01. The third-order valence-electron chi connectivity index (χ3n) is 2.11. The number of hydrogen-bond acceptors (Lipinski definition) is 2. The van der Waals surface area contributed by atoms with Gasteiger partial charge in [-0.2, -0.15) is 0 Å². The summed E-state index contributed by atoms with van der Waals surface area (Å²) in [5, 5.41) is 2.93. The van der Waals surface area contributed by atoms with Crippen LogP contribution in [-0.2, 0) is 6.54 Å². The molecule has 0 unspecified atom stereocenters. The summed E-state index contributed by atoms with van der Waals surface area (Å²) in [6.45, 7) is 0.773. The van der Waals surface area contributed by atoms with Crippen LogP contribution in [0.25, 0.3) is 10.9 Å². The Morgan fingerprint density at radius 2 is 2.23 bits per heavy atom. The Balaban J connectivity index is 2.48. The van der Waals surface area contributed by atoms with Crippen molar-refractivity contribution in [2.75, 3.05) is 7.05 Å². The number of aromatic nitrogens is 1. The number of aromatic amines is 1. The summed E-state index contributed by atoms with van der Waals surface area (Å²) in [4.78, 5) is 3.17. The molecule has 0 aliphatic carbocycles. The van der Waals surface area contributed by atoms with Crippen LogP contribution in [0, 0.1) is 0 Å². The van der Waals surface area contributed by atoms with E-state index in [0.717, 1.165) is 6.54 Å². The summed E-state index contributed by atoms with van der Waals surface area (Å²) in [5.41, 5.74) is 2.42. The second-order valence-electron chi connectivity index (χ2n) is 3.27. The summed E-state index contributed by atoms with van der Waals surface area (Å²) in [7, 11) is 1.87. The quantitative estimate of drug-likeness (QED) is 0.536. The van der Waals surface area contributed by atoms with Crippen LogP contribution in [0.5, 0.6) is 0 Å². The number of benzene rings is 1. The Morgan fingerprint density at radius 1 is 1.38 bits per heavy atom. The van der Waals surface area contributed by atoms with Crippen molar-refractivity contribution < 1.29 is 0 Å². The minimum Gasteiger partial charge on any atom is -0.361 e. The van der Waals surface area contributed by atoms with Crippen LogP contribution in [0.4, 0.5) is 0 Å². The fourth-order valence-electron chi connectivity index (χ4n) is 1.56. The monoisotopic (exact) mass is 175 g/mol. The first-order chi connectivity index (χ1) is 6.27. The first kappa shape index (κ1) is 8.29. The van der Waals surface area contributed by atoms with E-state index in [0.29, 0.717) is 0 Å². The molecule has 1 heterocycles. The highest BCUT2D eigenvalue weighted by molar-refractivity contribution is 5.82. The molecule has 0 saturated heterocycles. The number of rotatable bonds is 2. The van der Waals surface area contributed by atoms with E-state index in [1.54, 1.807) is 5.01 Å². The van der Waals surface area contributed by atoms with E-state index in [2.05, 4.69) is 23.2 Å². The smallest absolute Gasteiger partial charge is 0.0457 e. The van der Waals surface area contributed by atoms with E-state index in [-0.39, 0.29) is 0 Å². The molecule has 13 heavy (non-hydrogen) atoms. The molecule has 0 fully saturated rings. The lowest BCUT2D eigenvalue weighted by atomic mass is 10.1. The zero-order valence-electron chi connectivity index (χ0n) is 7.62. The molecule has 0 bridgehead atoms. The minimum atomic E-state index is 0.773. The molecule has 0 radical (unpaired) electrons. The van der Waals surface area contributed by atoms with Gasteiger partial charge in [0, 0.05) is 30.7 Å². The molecule has 0 aliphatic rings. The molecule has 0 saturated carbocycles. The Hall–Kier alpha value is -1.32. The lowest BCUT2D eigenvalue weighted by Gasteiger charge is -2.09. The number of hydrogen-bond donors (Lipinski definition) is 2. The third kappa shape index (κ3) is 1.56. The van der Waals surface area contributed by atoms with Gasteiger partial charge in [-0.15, -0.1) is 0 Å². The van der Waals surface area contributed by atoms with Gasteiger partial charge in [0.15, 0.2) is 0 Å². The minimum absolute atomic E-state index is 0.773. The molecule has 3 heteroatoms. The summed E-state index contributed by atoms with van der Waals surface area (Å²) in [6, 6.07) is 8.28. The van der Waals surface area contributed by atoms with Crippen LogP contribution in [0.1, 0.15) is 5.56 Å². The van der Waals surface area contributed by atoms with E-state index in [1.165, 1.54) is 16.5 Å². The van der Waals surface area contributed by atoms with Crippen molar-refractivity contribution in [3.05, 3.63) is 36.0 Å². The van der Waals surface area contributed by atoms with Crippen molar-refractivity contribution >= 4 is 10.9 Å². The summed E-state index contributed by atoms with van der Waals surface area (Å²) >= 11 is 0. The highest BCUT2D eigenvalue weighted by atomic mass is 15.4. The number of nitrogens with two attached hydrogens (primary N) is 1. The van der Waals surface area contributed by atoms with Crippen molar-refractivity contribution in [2.45, 2.75) is 6.54 Å². The molecule has 0 amide bonds. The van der Waals surface area contributed by atoms with Gasteiger partial charge in [-0.1, -0.05) is 12.1 Å². The van der Waals surface area contributed by atoms with E-state index in [4.69, 9.17) is 5.84 Å². The third-order valence-corrected chi connectivity index (χ3v) is 2.11. The Labute approximate surface area is 77.1 Å². The average Bonchev–Trinajstić information content (AvgIpc) is 2.51. The predicted octanol–water partition coefficient (Wildman–Crippen LogP) is 1.47. The van der Waals surface area contributed by atoms with Crippen LogP contribution in [0.15, 0.2) is 30.5 Å². The molecule has 1 aromatic carbocycles. The van der Waals surface area contributed by atoms with Gasteiger partial charge in [-0.05, 0) is 17.7 Å². The fourth-order valence-corrected chi connectivity index (χ4v) is 1.56.